The Labute approximate surface area is 138 Å². The molecule has 1 atom stereocenters. The molecule has 2 rings (SSSR count). The van der Waals surface area contributed by atoms with Crippen LogP contribution in [-0.4, -0.2) is 25.1 Å². The number of rotatable bonds is 3. The maximum atomic E-state index is 12.9. The van der Waals surface area contributed by atoms with Crippen molar-refractivity contribution in [2.24, 2.45) is 0 Å². The van der Waals surface area contributed by atoms with Crippen molar-refractivity contribution in [2.45, 2.75) is 50.0 Å². The minimum Gasteiger partial charge on any atom is -0.289 e. The largest absolute Gasteiger partial charge is 0.289 e. The molecule has 0 saturated carbocycles. The summed E-state index contributed by atoms with van der Waals surface area (Å²) < 4.78 is 27.0. The number of hydrogen-bond donors (Lipinski definition) is 0. The van der Waals surface area contributed by atoms with Crippen LogP contribution < -0.4 is 0 Å². The first kappa shape index (κ1) is 17.3. The van der Waals surface area contributed by atoms with E-state index < -0.39 is 10.0 Å². The van der Waals surface area contributed by atoms with Crippen molar-refractivity contribution < 1.29 is 13.2 Å². The second kappa shape index (κ2) is 7.98. The summed E-state index contributed by atoms with van der Waals surface area (Å²) in [6.07, 6.45) is 9.09. The lowest BCUT2D eigenvalue weighted by Crippen LogP contribution is -2.35. The lowest BCUT2D eigenvalue weighted by molar-refractivity contribution is -0.103. The van der Waals surface area contributed by atoms with E-state index in [9.17, 15) is 13.2 Å². The topological polar surface area (TPSA) is 54.5 Å². The minimum absolute atomic E-state index is 0.193. The van der Waals surface area contributed by atoms with Crippen molar-refractivity contribution in [1.82, 2.24) is 4.31 Å². The van der Waals surface area contributed by atoms with Crippen molar-refractivity contribution >= 4 is 16.3 Å². The van der Waals surface area contributed by atoms with Gasteiger partial charge in [0.25, 0.3) is 10.0 Å². The molecule has 0 aromatic heterocycles. The van der Waals surface area contributed by atoms with Crippen molar-refractivity contribution in [3.05, 3.63) is 42.0 Å². The third-order valence-corrected chi connectivity index (χ3v) is 5.59. The van der Waals surface area contributed by atoms with E-state index in [-0.39, 0.29) is 10.9 Å². The quantitative estimate of drug-likeness (QED) is 0.370. The molecule has 0 N–H and O–H groups in total. The number of benzene rings is 1. The summed E-state index contributed by atoms with van der Waals surface area (Å²) >= 11 is 0. The first-order chi connectivity index (χ1) is 11.1. The molecule has 122 valence electrons. The number of sulfonamides is 1. The van der Waals surface area contributed by atoms with Crippen LogP contribution in [0.15, 0.2) is 41.3 Å². The van der Waals surface area contributed by atoms with Gasteiger partial charge < -0.3 is 0 Å². The second-order valence-electron chi connectivity index (χ2n) is 5.62. The Bertz CT molecular complexity index is 724. The van der Waals surface area contributed by atoms with Gasteiger partial charge in [0, 0.05) is 6.04 Å². The van der Waals surface area contributed by atoms with Crippen LogP contribution in [-0.2, 0) is 14.8 Å². The Kier molecular flexibility index (Phi) is 6.00. The minimum atomic E-state index is -3.77. The van der Waals surface area contributed by atoms with Crippen molar-refractivity contribution in [3.8, 4) is 12.0 Å². The highest BCUT2D eigenvalue weighted by molar-refractivity contribution is 7.89. The molecule has 5 heteroatoms. The lowest BCUT2D eigenvalue weighted by atomic mass is 10.0. The molecule has 23 heavy (non-hydrogen) atoms. The number of aryl methyl sites for hydroxylation is 1. The Morgan fingerprint density at radius 3 is 2.61 bits per heavy atom. The standard InChI is InChI=1S/C18H21NO3S/c1-16-10-12-18(13-11-16)23(21,22)19(14-7-15-20)17-8-5-3-2-4-6-9-17/h5,8,10-13,15,17H,2-4,6,9H2,1H3/b8-5-. The van der Waals surface area contributed by atoms with E-state index in [0.717, 1.165) is 35.6 Å². The molecule has 0 fully saturated rings. The van der Waals surface area contributed by atoms with Gasteiger partial charge in [-0.1, -0.05) is 42.7 Å². The fourth-order valence-corrected chi connectivity index (χ4v) is 3.98. The van der Waals surface area contributed by atoms with E-state index in [1.165, 1.54) is 0 Å². The third kappa shape index (κ3) is 4.46. The molecule has 0 amide bonds. The van der Waals surface area contributed by atoms with Gasteiger partial charge >= 0.3 is 0 Å². The van der Waals surface area contributed by atoms with Crippen LogP contribution in [0.4, 0.5) is 0 Å². The maximum Gasteiger partial charge on any atom is 0.271 e. The third-order valence-electron chi connectivity index (χ3n) is 3.84. The zero-order valence-corrected chi connectivity index (χ0v) is 14.1. The van der Waals surface area contributed by atoms with E-state index >= 15 is 0 Å². The molecule has 0 heterocycles. The molecular formula is C18H21NO3S. The van der Waals surface area contributed by atoms with Gasteiger partial charge in [0.15, 0.2) is 6.29 Å². The molecule has 1 aromatic carbocycles. The normalized spacial score (nSPS) is 19.6. The van der Waals surface area contributed by atoms with E-state index in [1.54, 1.807) is 24.3 Å². The Hall–Kier alpha value is -2.06. The van der Waals surface area contributed by atoms with Crippen molar-refractivity contribution in [1.29, 1.82) is 0 Å². The number of allylic oxidation sites excluding steroid dienone is 1. The summed E-state index contributed by atoms with van der Waals surface area (Å²) in [7, 11) is -3.77. The van der Waals surface area contributed by atoms with Gasteiger partial charge in [0.05, 0.1) is 10.9 Å². The number of hydrogen-bond acceptors (Lipinski definition) is 3. The Morgan fingerprint density at radius 1 is 1.17 bits per heavy atom. The average molecular weight is 331 g/mol. The smallest absolute Gasteiger partial charge is 0.271 e. The Balaban J connectivity index is 2.42. The Morgan fingerprint density at radius 2 is 1.91 bits per heavy atom. The fourth-order valence-electron chi connectivity index (χ4n) is 2.57. The first-order valence-corrected chi connectivity index (χ1v) is 9.22. The molecule has 1 aliphatic rings. The van der Waals surface area contributed by atoms with Gasteiger partial charge in [-0.25, -0.2) is 12.7 Å². The van der Waals surface area contributed by atoms with Crippen LogP contribution in [0.3, 0.4) is 0 Å². The molecule has 1 aliphatic carbocycles. The van der Waals surface area contributed by atoms with E-state index in [1.807, 2.05) is 19.1 Å². The highest BCUT2D eigenvalue weighted by atomic mass is 32.2. The zero-order valence-electron chi connectivity index (χ0n) is 13.2. The summed E-state index contributed by atoms with van der Waals surface area (Å²) in [5.41, 5.74) is 0.986. The van der Waals surface area contributed by atoms with E-state index in [0.29, 0.717) is 12.7 Å². The van der Waals surface area contributed by atoms with Gasteiger partial charge in [-0.15, -0.1) is 0 Å². The monoisotopic (exact) mass is 331 g/mol. The van der Waals surface area contributed by atoms with Gasteiger partial charge in [-0.3, -0.25) is 4.79 Å². The molecule has 0 spiro atoms. The van der Waals surface area contributed by atoms with Crippen LogP contribution in [0.5, 0.6) is 0 Å². The summed E-state index contributed by atoms with van der Waals surface area (Å²) in [5.74, 6) is 2.25. The SMILES string of the molecule is Cc1ccc(S(=O)(=O)N(C#CC=O)C2/C=C\CCCCC2)cc1. The first-order valence-electron chi connectivity index (χ1n) is 7.78. The summed E-state index contributed by atoms with van der Waals surface area (Å²) in [4.78, 5) is 10.8. The van der Waals surface area contributed by atoms with Gasteiger partial charge in [0.1, 0.15) is 0 Å². The highest BCUT2D eigenvalue weighted by Gasteiger charge is 2.28. The number of nitrogens with zero attached hydrogens (tertiary/aromatic N) is 1. The molecule has 4 nitrogen and oxygen atoms in total. The number of carbonyl (C=O) groups is 1. The zero-order chi connectivity index (χ0) is 16.7. The van der Waals surface area contributed by atoms with E-state index in [2.05, 4.69) is 12.0 Å². The maximum absolute atomic E-state index is 12.9. The molecule has 0 saturated heterocycles. The van der Waals surface area contributed by atoms with Crippen molar-refractivity contribution in [2.75, 3.05) is 0 Å². The fraction of sp³-hybridized carbons (Fsp3) is 0.389. The average Bonchev–Trinajstić information content (AvgIpc) is 2.49. The van der Waals surface area contributed by atoms with Crippen molar-refractivity contribution in [3.63, 3.8) is 0 Å². The summed E-state index contributed by atoms with van der Waals surface area (Å²) in [6, 6.07) is 8.84. The molecule has 0 aliphatic heterocycles. The van der Waals surface area contributed by atoms with Gasteiger partial charge in [0.2, 0.25) is 0 Å². The van der Waals surface area contributed by atoms with Crippen LogP contribution >= 0.6 is 0 Å². The molecular weight excluding hydrogens is 310 g/mol. The summed E-state index contributed by atoms with van der Waals surface area (Å²) in [5, 5.41) is 0. The molecule has 0 bridgehead atoms. The number of aldehydes is 1. The van der Waals surface area contributed by atoms with Crippen LogP contribution in [0.25, 0.3) is 0 Å². The molecule has 1 aromatic rings. The van der Waals surface area contributed by atoms with E-state index in [4.69, 9.17) is 0 Å². The molecule has 0 radical (unpaired) electrons. The predicted molar refractivity (Wildman–Crippen MR) is 90.1 cm³/mol. The molecule has 1 unspecified atom stereocenters. The number of carbonyl (C=O) groups excluding carboxylic acids is 1. The lowest BCUT2D eigenvalue weighted by Gasteiger charge is -2.26. The van der Waals surface area contributed by atoms with Crippen LogP contribution in [0.1, 0.15) is 37.7 Å². The predicted octanol–water partition coefficient (Wildman–Crippen LogP) is 3.03. The van der Waals surface area contributed by atoms with Gasteiger partial charge in [-0.2, -0.15) is 0 Å². The second-order valence-corrected chi connectivity index (χ2v) is 7.44. The highest BCUT2D eigenvalue weighted by Crippen LogP contribution is 2.23. The van der Waals surface area contributed by atoms with Crippen LogP contribution in [0, 0.1) is 18.9 Å². The van der Waals surface area contributed by atoms with Crippen LogP contribution in [0.2, 0.25) is 0 Å². The van der Waals surface area contributed by atoms with Gasteiger partial charge in [-0.05, 0) is 44.2 Å². The summed E-state index contributed by atoms with van der Waals surface area (Å²) in [6.45, 7) is 1.90.